The molecule has 32 heavy (non-hydrogen) atoms. The molecule has 0 saturated carbocycles. The standard InChI is InChI=1S/C22H19ClN6O2S/c1-2-31-18-10-6-16(7-11-18)26-21(30)20-19(14-32-22-24-12-3-13-25-22)29(28-27-20)17-8-4-15(23)5-9-17/h3-13H,2,14H2,1H3,(H,26,30). The minimum Gasteiger partial charge on any atom is -0.494 e. The molecule has 0 aliphatic heterocycles. The molecule has 1 N–H and O–H groups in total. The van der Waals surface area contributed by atoms with E-state index in [9.17, 15) is 4.79 Å². The van der Waals surface area contributed by atoms with Gasteiger partial charge in [0.25, 0.3) is 5.91 Å². The molecular weight excluding hydrogens is 448 g/mol. The van der Waals surface area contributed by atoms with Gasteiger partial charge >= 0.3 is 0 Å². The van der Waals surface area contributed by atoms with Crippen LogP contribution in [0.5, 0.6) is 5.75 Å². The minimum absolute atomic E-state index is 0.220. The first-order valence-corrected chi connectivity index (χ1v) is 11.1. The molecule has 0 aliphatic carbocycles. The average molecular weight is 467 g/mol. The number of nitrogens with one attached hydrogen (secondary N) is 1. The van der Waals surface area contributed by atoms with Crippen molar-refractivity contribution in [1.82, 2.24) is 25.0 Å². The first kappa shape index (κ1) is 21.8. The number of anilines is 1. The highest BCUT2D eigenvalue weighted by Gasteiger charge is 2.21. The van der Waals surface area contributed by atoms with Crippen LogP contribution < -0.4 is 10.1 Å². The molecule has 0 atom stereocenters. The monoisotopic (exact) mass is 466 g/mol. The second-order valence-electron chi connectivity index (χ2n) is 6.50. The fraction of sp³-hybridized carbons (Fsp3) is 0.136. The van der Waals surface area contributed by atoms with E-state index < -0.39 is 0 Å². The van der Waals surface area contributed by atoms with Gasteiger partial charge in [-0.1, -0.05) is 28.6 Å². The summed E-state index contributed by atoms with van der Waals surface area (Å²) >= 11 is 7.41. The van der Waals surface area contributed by atoms with Crippen molar-refractivity contribution in [3.05, 3.63) is 83.4 Å². The van der Waals surface area contributed by atoms with Gasteiger partial charge in [0.2, 0.25) is 0 Å². The first-order valence-electron chi connectivity index (χ1n) is 9.78. The van der Waals surface area contributed by atoms with Crippen molar-refractivity contribution >= 4 is 35.0 Å². The van der Waals surface area contributed by atoms with Crippen LogP contribution >= 0.6 is 23.4 Å². The number of aromatic nitrogens is 5. The van der Waals surface area contributed by atoms with Crippen LogP contribution in [0.25, 0.3) is 5.69 Å². The third-order valence-corrected chi connectivity index (χ3v) is 5.49. The van der Waals surface area contributed by atoms with E-state index in [0.717, 1.165) is 11.4 Å². The van der Waals surface area contributed by atoms with Gasteiger partial charge in [0.1, 0.15) is 5.75 Å². The lowest BCUT2D eigenvalue weighted by atomic mass is 10.2. The van der Waals surface area contributed by atoms with Gasteiger partial charge in [-0.3, -0.25) is 4.79 Å². The number of ether oxygens (including phenoxy) is 1. The van der Waals surface area contributed by atoms with E-state index in [1.807, 2.05) is 19.1 Å². The Bertz CT molecular complexity index is 1180. The molecule has 0 radical (unpaired) electrons. The minimum atomic E-state index is -0.362. The van der Waals surface area contributed by atoms with E-state index >= 15 is 0 Å². The highest BCUT2D eigenvalue weighted by atomic mass is 35.5. The number of halogens is 1. The van der Waals surface area contributed by atoms with E-state index in [0.29, 0.717) is 33.9 Å². The summed E-state index contributed by atoms with van der Waals surface area (Å²) in [4.78, 5) is 21.5. The number of amides is 1. The summed E-state index contributed by atoms with van der Waals surface area (Å²) in [7, 11) is 0. The molecular formula is C22H19ClN6O2S. The molecule has 0 spiro atoms. The molecule has 0 saturated heterocycles. The Kier molecular flexibility index (Phi) is 6.98. The van der Waals surface area contributed by atoms with Crippen LogP contribution in [-0.2, 0) is 5.75 Å². The van der Waals surface area contributed by atoms with E-state index in [-0.39, 0.29) is 11.6 Å². The molecule has 0 bridgehead atoms. The summed E-state index contributed by atoms with van der Waals surface area (Å²) in [5.74, 6) is 0.768. The predicted octanol–water partition coefficient (Wildman–Crippen LogP) is 4.65. The number of rotatable bonds is 8. The lowest BCUT2D eigenvalue weighted by Gasteiger charge is -2.09. The van der Waals surface area contributed by atoms with E-state index in [1.54, 1.807) is 59.5 Å². The van der Waals surface area contributed by atoms with Crippen molar-refractivity contribution in [2.75, 3.05) is 11.9 Å². The summed E-state index contributed by atoms with van der Waals surface area (Å²) < 4.78 is 7.07. The topological polar surface area (TPSA) is 94.8 Å². The van der Waals surface area contributed by atoms with Gasteiger partial charge < -0.3 is 10.1 Å². The van der Waals surface area contributed by atoms with Crippen LogP contribution in [0.3, 0.4) is 0 Å². The molecule has 2 aromatic carbocycles. The average Bonchev–Trinajstić information content (AvgIpc) is 3.24. The van der Waals surface area contributed by atoms with Crippen molar-refractivity contribution in [2.24, 2.45) is 0 Å². The number of nitrogens with zero attached hydrogens (tertiary/aromatic N) is 5. The van der Waals surface area contributed by atoms with Gasteiger partial charge in [-0.2, -0.15) is 0 Å². The van der Waals surface area contributed by atoms with Crippen molar-refractivity contribution in [3.8, 4) is 11.4 Å². The summed E-state index contributed by atoms with van der Waals surface area (Å²) in [5.41, 5.74) is 2.21. The molecule has 1 amide bonds. The van der Waals surface area contributed by atoms with Crippen molar-refractivity contribution < 1.29 is 9.53 Å². The second kappa shape index (κ2) is 10.3. The zero-order valence-electron chi connectivity index (χ0n) is 17.1. The van der Waals surface area contributed by atoms with Crippen LogP contribution in [0.2, 0.25) is 5.02 Å². The van der Waals surface area contributed by atoms with Gasteiger partial charge in [-0.25, -0.2) is 14.6 Å². The second-order valence-corrected chi connectivity index (χ2v) is 7.88. The Labute approximate surface area is 194 Å². The predicted molar refractivity (Wildman–Crippen MR) is 124 cm³/mol. The quantitative estimate of drug-likeness (QED) is 0.298. The molecule has 0 fully saturated rings. The van der Waals surface area contributed by atoms with Crippen LogP contribution in [0.4, 0.5) is 5.69 Å². The largest absolute Gasteiger partial charge is 0.494 e. The summed E-state index contributed by atoms with van der Waals surface area (Å²) in [5, 5.41) is 12.4. The number of benzene rings is 2. The Morgan fingerprint density at radius 1 is 1.09 bits per heavy atom. The van der Waals surface area contributed by atoms with Gasteiger partial charge in [0.15, 0.2) is 10.9 Å². The van der Waals surface area contributed by atoms with E-state index in [4.69, 9.17) is 16.3 Å². The molecule has 2 heterocycles. The van der Waals surface area contributed by atoms with Crippen molar-refractivity contribution in [2.45, 2.75) is 17.8 Å². The molecule has 2 aromatic heterocycles. The van der Waals surface area contributed by atoms with E-state index in [2.05, 4.69) is 25.6 Å². The smallest absolute Gasteiger partial charge is 0.278 e. The maximum Gasteiger partial charge on any atom is 0.278 e. The third-order valence-electron chi connectivity index (χ3n) is 4.35. The summed E-state index contributed by atoms with van der Waals surface area (Å²) in [6, 6.07) is 16.1. The zero-order chi connectivity index (χ0) is 22.3. The molecule has 0 aliphatic rings. The molecule has 4 aromatic rings. The van der Waals surface area contributed by atoms with Gasteiger partial charge in [0, 0.05) is 28.9 Å². The highest BCUT2D eigenvalue weighted by molar-refractivity contribution is 7.98. The van der Waals surface area contributed by atoms with Gasteiger partial charge in [-0.15, -0.1) is 5.10 Å². The third kappa shape index (κ3) is 5.24. The first-order chi connectivity index (χ1) is 15.6. The molecule has 10 heteroatoms. The molecule has 8 nitrogen and oxygen atoms in total. The normalized spacial score (nSPS) is 10.7. The zero-order valence-corrected chi connectivity index (χ0v) is 18.7. The number of hydrogen-bond acceptors (Lipinski definition) is 7. The fourth-order valence-electron chi connectivity index (χ4n) is 2.88. The lowest BCUT2D eigenvalue weighted by molar-refractivity contribution is 0.102. The van der Waals surface area contributed by atoms with Crippen LogP contribution in [0.1, 0.15) is 23.1 Å². The van der Waals surface area contributed by atoms with Crippen LogP contribution in [0, 0.1) is 0 Å². The Morgan fingerprint density at radius 2 is 1.81 bits per heavy atom. The Morgan fingerprint density at radius 3 is 2.50 bits per heavy atom. The van der Waals surface area contributed by atoms with Gasteiger partial charge in [-0.05, 0) is 61.5 Å². The van der Waals surface area contributed by atoms with Crippen molar-refractivity contribution in [3.63, 3.8) is 0 Å². The summed E-state index contributed by atoms with van der Waals surface area (Å²) in [6.07, 6.45) is 3.34. The maximum atomic E-state index is 13.0. The van der Waals surface area contributed by atoms with Crippen LogP contribution in [0.15, 0.2) is 72.1 Å². The molecule has 162 valence electrons. The number of carbonyl (C=O) groups excluding carboxylic acids is 1. The fourth-order valence-corrected chi connectivity index (χ4v) is 3.80. The number of thioether (sulfide) groups is 1. The SMILES string of the molecule is CCOc1ccc(NC(=O)c2nnn(-c3ccc(Cl)cc3)c2CSc2ncccn2)cc1. The Hall–Kier alpha value is -3.43. The number of carbonyl (C=O) groups is 1. The van der Waals surface area contributed by atoms with Gasteiger partial charge in [0.05, 0.1) is 18.0 Å². The Balaban J connectivity index is 1.61. The van der Waals surface area contributed by atoms with Crippen molar-refractivity contribution in [1.29, 1.82) is 0 Å². The number of hydrogen-bond donors (Lipinski definition) is 1. The summed E-state index contributed by atoms with van der Waals surface area (Å²) in [6.45, 7) is 2.49. The molecule has 4 rings (SSSR count). The van der Waals surface area contributed by atoms with Crippen LogP contribution in [-0.4, -0.2) is 37.5 Å². The van der Waals surface area contributed by atoms with E-state index in [1.165, 1.54) is 11.8 Å². The highest BCUT2D eigenvalue weighted by Crippen LogP contribution is 2.24. The molecule has 0 unspecified atom stereocenters. The maximum absolute atomic E-state index is 13.0. The lowest BCUT2D eigenvalue weighted by Crippen LogP contribution is -2.15.